The molecular weight excluding hydrogens is 228 g/mol. The number of hydrogen-bond donors (Lipinski definition) is 0. The number of nitriles is 1. The topological polar surface area (TPSA) is 63.0 Å². The lowest BCUT2D eigenvalue weighted by Crippen LogP contribution is -2.42. The van der Waals surface area contributed by atoms with Crippen LogP contribution in [0.15, 0.2) is 24.4 Å². The van der Waals surface area contributed by atoms with Crippen LogP contribution in [0.1, 0.15) is 37.3 Å². The average Bonchev–Trinajstić information content (AvgIpc) is 2.36. The lowest BCUT2D eigenvalue weighted by Gasteiger charge is -2.40. The number of hydrogen-bond acceptors (Lipinski definition) is 4. The monoisotopic (exact) mass is 244 g/mol. The number of rotatable bonds is 5. The van der Waals surface area contributed by atoms with E-state index >= 15 is 0 Å². The fraction of sp³-hybridized carbons (Fsp3) is 0.500. The number of methoxy groups -OCH3 is 1. The molecule has 1 heterocycles. The molecule has 0 aromatic carbocycles. The van der Waals surface area contributed by atoms with Gasteiger partial charge < -0.3 is 4.74 Å². The third kappa shape index (κ3) is 2.41. The van der Waals surface area contributed by atoms with E-state index < -0.39 is 5.92 Å². The molecule has 0 radical (unpaired) electrons. The molecule has 94 valence electrons. The van der Waals surface area contributed by atoms with Crippen LogP contribution in [0.5, 0.6) is 0 Å². The predicted octanol–water partition coefficient (Wildman–Crippen LogP) is 2.22. The minimum atomic E-state index is -0.779. The van der Waals surface area contributed by atoms with Crippen molar-refractivity contribution < 1.29 is 9.53 Å². The van der Waals surface area contributed by atoms with E-state index in [0.29, 0.717) is 12.1 Å². The number of nitrogens with zero attached hydrogens (tertiary/aromatic N) is 2. The van der Waals surface area contributed by atoms with Crippen molar-refractivity contribution in [1.82, 2.24) is 4.98 Å². The van der Waals surface area contributed by atoms with Crippen LogP contribution in [0.3, 0.4) is 0 Å². The van der Waals surface area contributed by atoms with E-state index in [9.17, 15) is 4.79 Å². The van der Waals surface area contributed by atoms with Crippen LogP contribution in [0.2, 0.25) is 0 Å². The number of carbonyl (C=O) groups excluding carboxylic acids is 1. The highest BCUT2D eigenvalue weighted by molar-refractivity contribution is 5.88. The van der Waals surface area contributed by atoms with Crippen molar-refractivity contribution >= 4 is 5.78 Å². The van der Waals surface area contributed by atoms with Gasteiger partial charge in [-0.1, -0.05) is 6.07 Å². The van der Waals surface area contributed by atoms with Crippen molar-refractivity contribution in [2.45, 2.75) is 37.2 Å². The van der Waals surface area contributed by atoms with Gasteiger partial charge in [-0.25, -0.2) is 0 Å². The summed E-state index contributed by atoms with van der Waals surface area (Å²) >= 11 is 0. The van der Waals surface area contributed by atoms with Gasteiger partial charge in [0, 0.05) is 19.7 Å². The van der Waals surface area contributed by atoms with E-state index in [-0.39, 0.29) is 11.4 Å². The fourth-order valence-corrected chi connectivity index (χ4v) is 2.29. The molecule has 0 amide bonds. The van der Waals surface area contributed by atoms with Crippen molar-refractivity contribution in [2.75, 3.05) is 7.11 Å². The molecule has 1 atom stereocenters. The quantitative estimate of drug-likeness (QED) is 0.796. The van der Waals surface area contributed by atoms with Gasteiger partial charge in [-0.2, -0.15) is 5.26 Å². The van der Waals surface area contributed by atoms with Crippen LogP contribution in [-0.2, 0) is 9.53 Å². The van der Waals surface area contributed by atoms with Crippen LogP contribution in [0, 0.1) is 11.3 Å². The third-order valence-corrected chi connectivity index (χ3v) is 3.63. The van der Waals surface area contributed by atoms with E-state index in [1.165, 1.54) is 0 Å². The largest absolute Gasteiger partial charge is 0.378 e. The minimum Gasteiger partial charge on any atom is -0.378 e. The lowest BCUT2D eigenvalue weighted by molar-refractivity contribution is -0.132. The zero-order chi connectivity index (χ0) is 13.0. The number of pyridine rings is 1. The van der Waals surface area contributed by atoms with Crippen molar-refractivity contribution in [2.24, 2.45) is 0 Å². The van der Waals surface area contributed by atoms with E-state index in [4.69, 9.17) is 10.00 Å². The fourth-order valence-electron chi connectivity index (χ4n) is 2.29. The summed E-state index contributed by atoms with van der Waals surface area (Å²) in [6.07, 6.45) is 4.79. The first-order chi connectivity index (χ1) is 8.71. The highest BCUT2D eigenvalue weighted by atomic mass is 16.5. The number of ketones is 1. The Bertz CT molecular complexity index is 455. The van der Waals surface area contributed by atoms with Crippen molar-refractivity contribution in [3.63, 3.8) is 0 Å². The molecule has 1 aliphatic carbocycles. The Labute approximate surface area is 107 Å². The van der Waals surface area contributed by atoms with Gasteiger partial charge in [-0.3, -0.25) is 9.78 Å². The van der Waals surface area contributed by atoms with E-state index in [2.05, 4.69) is 4.98 Å². The smallest absolute Gasteiger partial charge is 0.158 e. The zero-order valence-electron chi connectivity index (χ0n) is 10.4. The normalized spacial score (nSPS) is 18.4. The SMILES string of the molecule is COC1(CC(=O)C(C#N)c2ccccn2)CCC1. The van der Waals surface area contributed by atoms with Gasteiger partial charge in [-0.05, 0) is 31.4 Å². The Balaban J connectivity index is 2.10. The van der Waals surface area contributed by atoms with Crippen molar-refractivity contribution in [1.29, 1.82) is 5.26 Å². The summed E-state index contributed by atoms with van der Waals surface area (Å²) in [7, 11) is 1.63. The van der Waals surface area contributed by atoms with Crippen LogP contribution < -0.4 is 0 Å². The second-order valence-electron chi connectivity index (χ2n) is 4.70. The number of Topliss-reactive ketones (excluding diaryl/α,β-unsaturated/α-hetero) is 1. The first-order valence-electron chi connectivity index (χ1n) is 6.09. The van der Waals surface area contributed by atoms with E-state index in [1.54, 1.807) is 31.5 Å². The average molecular weight is 244 g/mol. The summed E-state index contributed by atoms with van der Waals surface area (Å²) in [6.45, 7) is 0. The summed E-state index contributed by atoms with van der Waals surface area (Å²) in [5.74, 6) is -0.878. The Morgan fingerprint density at radius 1 is 1.61 bits per heavy atom. The van der Waals surface area contributed by atoms with Crippen LogP contribution in [0.25, 0.3) is 0 Å². The molecule has 1 aliphatic rings. The number of aromatic nitrogens is 1. The Hall–Kier alpha value is -1.73. The summed E-state index contributed by atoms with van der Waals surface area (Å²) in [5.41, 5.74) is 0.191. The second-order valence-corrected chi connectivity index (χ2v) is 4.70. The van der Waals surface area contributed by atoms with Gasteiger partial charge in [-0.15, -0.1) is 0 Å². The molecule has 1 saturated carbocycles. The maximum Gasteiger partial charge on any atom is 0.158 e. The molecule has 2 rings (SSSR count). The molecule has 1 unspecified atom stereocenters. The molecule has 1 aromatic rings. The van der Waals surface area contributed by atoms with E-state index in [0.717, 1.165) is 19.3 Å². The molecule has 0 N–H and O–H groups in total. The Morgan fingerprint density at radius 2 is 2.39 bits per heavy atom. The summed E-state index contributed by atoms with van der Waals surface area (Å²) in [4.78, 5) is 16.3. The summed E-state index contributed by atoms with van der Waals surface area (Å²) < 4.78 is 5.42. The summed E-state index contributed by atoms with van der Waals surface area (Å²) in [6, 6.07) is 7.32. The van der Waals surface area contributed by atoms with Crippen molar-refractivity contribution in [3.05, 3.63) is 30.1 Å². The maximum atomic E-state index is 12.2. The van der Waals surface area contributed by atoms with Gasteiger partial charge in [0.25, 0.3) is 0 Å². The molecule has 0 bridgehead atoms. The highest BCUT2D eigenvalue weighted by Gasteiger charge is 2.40. The number of ether oxygens (including phenoxy) is 1. The second kappa shape index (κ2) is 5.28. The van der Waals surface area contributed by atoms with Crippen molar-refractivity contribution in [3.8, 4) is 6.07 Å². The van der Waals surface area contributed by atoms with Crippen LogP contribution >= 0.6 is 0 Å². The number of carbonyl (C=O) groups is 1. The first-order valence-corrected chi connectivity index (χ1v) is 6.09. The first kappa shape index (κ1) is 12.7. The van der Waals surface area contributed by atoms with Gasteiger partial charge in [0.2, 0.25) is 0 Å². The van der Waals surface area contributed by atoms with Gasteiger partial charge in [0.1, 0.15) is 5.92 Å². The molecule has 0 saturated heterocycles. The predicted molar refractivity (Wildman–Crippen MR) is 65.8 cm³/mol. The summed E-state index contributed by atoms with van der Waals surface area (Å²) in [5, 5.41) is 9.16. The molecule has 0 aliphatic heterocycles. The molecule has 18 heavy (non-hydrogen) atoms. The standard InChI is InChI=1S/C14H16N2O2/c1-18-14(6-4-7-14)9-13(17)11(10-15)12-5-2-3-8-16-12/h2-3,5,8,11H,4,6-7,9H2,1H3. The van der Waals surface area contributed by atoms with Gasteiger partial charge >= 0.3 is 0 Å². The van der Waals surface area contributed by atoms with Gasteiger partial charge in [0.05, 0.1) is 17.4 Å². The van der Waals surface area contributed by atoms with E-state index in [1.807, 2.05) is 6.07 Å². The molecule has 1 fully saturated rings. The molecule has 4 heteroatoms. The third-order valence-electron chi connectivity index (χ3n) is 3.63. The lowest BCUT2D eigenvalue weighted by atomic mass is 9.75. The Morgan fingerprint density at radius 3 is 2.83 bits per heavy atom. The Kier molecular flexibility index (Phi) is 3.73. The van der Waals surface area contributed by atoms with Gasteiger partial charge in [0.15, 0.2) is 5.78 Å². The minimum absolute atomic E-state index is 0.0993. The maximum absolute atomic E-state index is 12.2. The highest BCUT2D eigenvalue weighted by Crippen LogP contribution is 2.39. The molecule has 1 aromatic heterocycles. The molecule has 0 spiro atoms. The molecular formula is C14H16N2O2. The molecule has 4 nitrogen and oxygen atoms in total. The zero-order valence-corrected chi connectivity index (χ0v) is 10.4. The van der Waals surface area contributed by atoms with Crippen LogP contribution in [0.4, 0.5) is 0 Å². The van der Waals surface area contributed by atoms with Crippen LogP contribution in [-0.4, -0.2) is 23.5 Å².